The zero-order chi connectivity index (χ0) is 27.4. The Balaban J connectivity index is 1.35. The number of alkyl halides is 3. The number of carbonyl (C=O) groups is 3. The summed E-state index contributed by atoms with van der Waals surface area (Å²) in [5.74, 6) is -0.928. The smallest absolute Gasteiger partial charge is 0.416 e. The molecule has 1 N–H and O–H groups in total. The van der Waals surface area contributed by atoms with E-state index in [1.807, 2.05) is 0 Å². The molecule has 0 radical (unpaired) electrons. The Morgan fingerprint density at radius 1 is 1.00 bits per heavy atom. The first-order valence-corrected chi connectivity index (χ1v) is 12.5. The Morgan fingerprint density at radius 2 is 1.74 bits per heavy atom. The highest BCUT2D eigenvalue weighted by Crippen LogP contribution is 2.33. The standard InChI is InChI=1S/C26H17Cl2F3N2O4S/c27-20-9-6-16(10-21(20)28)14-37-19-7-4-15(5-8-19)11-22-24(35)33(25(36)38-22)13-23(34)32-18-3-1-2-17(12-18)26(29,30)31/h1-12H,13-14H2,(H,32,34)/b22-11-. The van der Waals surface area contributed by atoms with E-state index in [-0.39, 0.29) is 17.2 Å². The predicted octanol–water partition coefficient (Wildman–Crippen LogP) is 7.27. The molecule has 38 heavy (non-hydrogen) atoms. The lowest BCUT2D eigenvalue weighted by Gasteiger charge is -2.13. The Hall–Kier alpha value is -3.47. The highest BCUT2D eigenvalue weighted by molar-refractivity contribution is 8.18. The van der Waals surface area contributed by atoms with Gasteiger partial charge >= 0.3 is 6.18 Å². The number of imide groups is 1. The van der Waals surface area contributed by atoms with Crippen LogP contribution in [0.3, 0.4) is 0 Å². The number of thioether (sulfide) groups is 1. The average molecular weight is 581 g/mol. The van der Waals surface area contributed by atoms with E-state index in [0.717, 1.165) is 28.7 Å². The lowest BCUT2D eigenvalue weighted by molar-refractivity contribution is -0.137. The third kappa shape index (κ3) is 6.89. The van der Waals surface area contributed by atoms with Gasteiger partial charge in [0.1, 0.15) is 18.9 Å². The summed E-state index contributed by atoms with van der Waals surface area (Å²) in [5, 5.41) is 2.48. The molecule has 0 atom stereocenters. The van der Waals surface area contributed by atoms with Crippen molar-refractivity contribution in [3.05, 3.63) is 98.4 Å². The number of rotatable bonds is 7. The number of anilines is 1. The van der Waals surface area contributed by atoms with E-state index in [2.05, 4.69) is 5.32 Å². The lowest BCUT2D eigenvalue weighted by atomic mass is 10.2. The average Bonchev–Trinajstić information content (AvgIpc) is 3.12. The first-order valence-electron chi connectivity index (χ1n) is 10.9. The molecule has 1 heterocycles. The number of hydrogen-bond acceptors (Lipinski definition) is 5. The highest BCUT2D eigenvalue weighted by Gasteiger charge is 2.36. The van der Waals surface area contributed by atoms with Crippen LogP contribution in [0.2, 0.25) is 10.0 Å². The van der Waals surface area contributed by atoms with E-state index in [1.54, 1.807) is 42.5 Å². The van der Waals surface area contributed by atoms with Crippen molar-refractivity contribution in [2.24, 2.45) is 0 Å². The Labute approximate surface area is 229 Å². The number of benzene rings is 3. The van der Waals surface area contributed by atoms with Gasteiger partial charge in [-0.2, -0.15) is 13.2 Å². The van der Waals surface area contributed by atoms with Crippen molar-refractivity contribution in [3.63, 3.8) is 0 Å². The molecule has 1 fully saturated rings. The van der Waals surface area contributed by atoms with Crippen molar-refractivity contribution in [2.75, 3.05) is 11.9 Å². The van der Waals surface area contributed by atoms with E-state index in [1.165, 1.54) is 12.1 Å². The molecule has 1 aliphatic heterocycles. The van der Waals surface area contributed by atoms with Crippen molar-refractivity contribution in [3.8, 4) is 5.75 Å². The second kappa shape index (κ2) is 11.5. The fourth-order valence-corrected chi connectivity index (χ4v) is 4.52. The van der Waals surface area contributed by atoms with Gasteiger partial charge in [0.2, 0.25) is 5.91 Å². The van der Waals surface area contributed by atoms with Crippen molar-refractivity contribution < 1.29 is 32.3 Å². The highest BCUT2D eigenvalue weighted by atomic mass is 35.5. The summed E-state index contributed by atoms with van der Waals surface area (Å²) < 4.78 is 44.4. The van der Waals surface area contributed by atoms with Gasteiger partial charge in [-0.15, -0.1) is 0 Å². The number of amides is 3. The third-order valence-electron chi connectivity index (χ3n) is 5.22. The van der Waals surface area contributed by atoms with Crippen LogP contribution >= 0.6 is 35.0 Å². The molecule has 6 nitrogen and oxygen atoms in total. The van der Waals surface area contributed by atoms with E-state index in [9.17, 15) is 27.6 Å². The number of halogens is 5. The third-order valence-corrected chi connectivity index (χ3v) is 6.86. The van der Waals surface area contributed by atoms with Crippen LogP contribution in [0.1, 0.15) is 16.7 Å². The van der Waals surface area contributed by atoms with Crippen molar-refractivity contribution in [1.82, 2.24) is 4.90 Å². The summed E-state index contributed by atoms with van der Waals surface area (Å²) in [6.45, 7) is -0.378. The molecule has 3 aromatic rings. The molecule has 0 unspecified atom stereocenters. The molecule has 0 spiro atoms. The van der Waals surface area contributed by atoms with Gasteiger partial charge in [-0.25, -0.2) is 0 Å². The first-order chi connectivity index (χ1) is 18.0. The zero-order valence-electron chi connectivity index (χ0n) is 19.2. The van der Waals surface area contributed by atoms with Gasteiger partial charge in [0.25, 0.3) is 11.1 Å². The molecule has 0 saturated carbocycles. The lowest BCUT2D eigenvalue weighted by Crippen LogP contribution is -2.36. The van der Waals surface area contributed by atoms with Gasteiger partial charge in [0.05, 0.1) is 20.5 Å². The van der Waals surface area contributed by atoms with Crippen LogP contribution in [0, 0.1) is 0 Å². The van der Waals surface area contributed by atoms with E-state index >= 15 is 0 Å². The SMILES string of the molecule is O=C(CN1C(=O)S/C(=C\c2ccc(OCc3ccc(Cl)c(Cl)c3)cc2)C1=O)Nc1cccc(C(F)(F)F)c1. The topological polar surface area (TPSA) is 75.7 Å². The molecule has 3 amide bonds. The fourth-order valence-electron chi connectivity index (χ4n) is 3.36. The van der Waals surface area contributed by atoms with Gasteiger partial charge < -0.3 is 10.1 Å². The molecular weight excluding hydrogens is 564 g/mol. The summed E-state index contributed by atoms with van der Waals surface area (Å²) in [4.78, 5) is 38.2. The number of nitrogens with zero attached hydrogens (tertiary/aromatic N) is 1. The van der Waals surface area contributed by atoms with Crippen LogP contribution in [0.15, 0.2) is 71.6 Å². The fraction of sp³-hybridized carbons (Fsp3) is 0.115. The normalized spacial score (nSPS) is 14.8. The minimum atomic E-state index is -4.58. The number of ether oxygens (including phenoxy) is 1. The van der Waals surface area contributed by atoms with E-state index in [4.69, 9.17) is 27.9 Å². The van der Waals surface area contributed by atoms with Crippen LogP contribution < -0.4 is 10.1 Å². The largest absolute Gasteiger partial charge is 0.489 e. The molecule has 1 aliphatic rings. The second-order valence-electron chi connectivity index (χ2n) is 8.00. The molecule has 0 aliphatic carbocycles. The molecule has 196 valence electrons. The zero-order valence-corrected chi connectivity index (χ0v) is 21.5. The molecular formula is C26H17Cl2F3N2O4S. The quantitative estimate of drug-likeness (QED) is 0.297. The van der Waals surface area contributed by atoms with Crippen LogP contribution in [-0.2, 0) is 22.4 Å². The molecule has 4 rings (SSSR count). The summed E-state index contributed by atoms with van der Waals surface area (Å²) in [6, 6.07) is 16.0. The molecule has 3 aromatic carbocycles. The predicted molar refractivity (Wildman–Crippen MR) is 140 cm³/mol. The molecule has 12 heteroatoms. The number of hydrogen-bond donors (Lipinski definition) is 1. The summed E-state index contributed by atoms with van der Waals surface area (Å²) in [5.41, 5.74) is 0.407. The maximum absolute atomic E-state index is 12.9. The summed E-state index contributed by atoms with van der Waals surface area (Å²) in [6.07, 6.45) is -3.08. The Morgan fingerprint density at radius 3 is 2.42 bits per heavy atom. The second-order valence-corrected chi connectivity index (χ2v) is 9.81. The summed E-state index contributed by atoms with van der Waals surface area (Å²) >= 11 is 12.6. The van der Waals surface area contributed by atoms with E-state index < -0.39 is 35.3 Å². The van der Waals surface area contributed by atoms with Crippen molar-refractivity contribution in [1.29, 1.82) is 0 Å². The molecule has 0 bridgehead atoms. The van der Waals surface area contributed by atoms with Gasteiger partial charge in [-0.05, 0) is 71.4 Å². The molecule has 0 aromatic heterocycles. The minimum Gasteiger partial charge on any atom is -0.489 e. The van der Waals surface area contributed by atoms with Crippen LogP contribution in [0.5, 0.6) is 5.75 Å². The van der Waals surface area contributed by atoms with Gasteiger partial charge in [-0.1, -0.05) is 47.5 Å². The van der Waals surface area contributed by atoms with Gasteiger partial charge in [0, 0.05) is 5.69 Å². The van der Waals surface area contributed by atoms with Crippen LogP contribution in [0.25, 0.3) is 6.08 Å². The number of nitrogens with one attached hydrogen (secondary N) is 1. The monoisotopic (exact) mass is 580 g/mol. The Bertz CT molecular complexity index is 1430. The van der Waals surface area contributed by atoms with Crippen LogP contribution in [-0.4, -0.2) is 28.5 Å². The van der Waals surface area contributed by atoms with E-state index in [0.29, 0.717) is 33.1 Å². The first kappa shape index (κ1) is 27.6. The Kier molecular flexibility index (Phi) is 8.35. The van der Waals surface area contributed by atoms with Crippen molar-refractivity contribution in [2.45, 2.75) is 12.8 Å². The number of carbonyl (C=O) groups excluding carboxylic acids is 3. The maximum atomic E-state index is 12.9. The van der Waals surface area contributed by atoms with Crippen molar-refractivity contribution >= 4 is 63.8 Å². The molecule has 1 saturated heterocycles. The van der Waals surface area contributed by atoms with Gasteiger partial charge in [0.15, 0.2) is 0 Å². The summed E-state index contributed by atoms with van der Waals surface area (Å²) in [7, 11) is 0. The van der Waals surface area contributed by atoms with Gasteiger partial charge in [-0.3, -0.25) is 19.3 Å². The van der Waals surface area contributed by atoms with Crippen LogP contribution in [0.4, 0.5) is 23.7 Å². The minimum absolute atomic E-state index is 0.103. The maximum Gasteiger partial charge on any atom is 0.416 e.